The van der Waals surface area contributed by atoms with Crippen LogP contribution in [0.1, 0.15) is 11.3 Å². The maximum absolute atomic E-state index is 5.59. The highest BCUT2D eigenvalue weighted by molar-refractivity contribution is 7.98. The van der Waals surface area contributed by atoms with Crippen LogP contribution in [0.2, 0.25) is 0 Å². The van der Waals surface area contributed by atoms with Crippen molar-refractivity contribution in [3.05, 3.63) is 23.7 Å². The van der Waals surface area contributed by atoms with Crippen LogP contribution >= 0.6 is 11.8 Å². The summed E-state index contributed by atoms with van der Waals surface area (Å²) in [6.45, 7) is 2.48. The van der Waals surface area contributed by atoms with Crippen molar-refractivity contribution in [2.75, 3.05) is 25.6 Å². The summed E-state index contributed by atoms with van der Waals surface area (Å²) in [5.41, 5.74) is 6.70. The molecule has 1 rings (SSSR count). The average molecular weight is 214 g/mol. The lowest BCUT2D eigenvalue weighted by molar-refractivity contribution is 0.310. The molecule has 3 nitrogen and oxygen atoms in total. The van der Waals surface area contributed by atoms with E-state index in [9.17, 15) is 0 Å². The molecule has 2 N–H and O–H groups in total. The van der Waals surface area contributed by atoms with E-state index < -0.39 is 0 Å². The Balaban J connectivity index is 2.42. The molecule has 0 aromatic carbocycles. The van der Waals surface area contributed by atoms with E-state index in [4.69, 9.17) is 10.2 Å². The largest absolute Gasteiger partial charge is 0.468 e. The van der Waals surface area contributed by atoms with Crippen molar-refractivity contribution in [1.82, 2.24) is 4.90 Å². The van der Waals surface area contributed by atoms with Crippen molar-refractivity contribution in [2.45, 2.75) is 13.1 Å². The maximum Gasteiger partial charge on any atom is 0.122 e. The van der Waals surface area contributed by atoms with Crippen LogP contribution in [0.25, 0.3) is 0 Å². The van der Waals surface area contributed by atoms with Gasteiger partial charge in [-0.2, -0.15) is 11.8 Å². The molecule has 0 bridgehead atoms. The quantitative estimate of drug-likeness (QED) is 0.780. The molecule has 1 aromatic heterocycles. The van der Waals surface area contributed by atoms with E-state index in [1.54, 1.807) is 6.26 Å². The molecular weight excluding hydrogens is 196 g/mol. The molecule has 0 amide bonds. The second-order valence-corrected chi connectivity index (χ2v) is 4.29. The molecule has 0 fully saturated rings. The average Bonchev–Trinajstić information content (AvgIpc) is 2.62. The Hall–Kier alpha value is -0.450. The molecule has 1 heterocycles. The molecule has 0 saturated carbocycles. The van der Waals surface area contributed by atoms with Gasteiger partial charge in [0.2, 0.25) is 0 Å². The van der Waals surface area contributed by atoms with Gasteiger partial charge in [-0.25, -0.2) is 0 Å². The zero-order valence-electron chi connectivity index (χ0n) is 8.82. The minimum atomic E-state index is 0.558. The van der Waals surface area contributed by atoms with E-state index in [0.29, 0.717) is 6.54 Å². The van der Waals surface area contributed by atoms with E-state index >= 15 is 0 Å². The lowest BCUT2D eigenvalue weighted by Crippen LogP contribution is -2.21. The first-order valence-corrected chi connectivity index (χ1v) is 6.10. The van der Waals surface area contributed by atoms with Gasteiger partial charge in [0.05, 0.1) is 12.8 Å². The third-order valence-electron chi connectivity index (χ3n) is 2.15. The van der Waals surface area contributed by atoms with Crippen LogP contribution in [0.3, 0.4) is 0 Å². The topological polar surface area (TPSA) is 42.4 Å². The van der Waals surface area contributed by atoms with Crippen molar-refractivity contribution in [3.8, 4) is 0 Å². The SMILES string of the molecule is CSCCN(C)Cc1occc1CN. The van der Waals surface area contributed by atoms with Crippen LogP contribution in [-0.4, -0.2) is 30.5 Å². The molecule has 0 saturated heterocycles. The van der Waals surface area contributed by atoms with Crippen molar-refractivity contribution >= 4 is 11.8 Å². The highest BCUT2D eigenvalue weighted by Crippen LogP contribution is 2.11. The number of rotatable bonds is 6. The summed E-state index contributed by atoms with van der Waals surface area (Å²) in [7, 11) is 2.10. The van der Waals surface area contributed by atoms with Crippen molar-refractivity contribution in [1.29, 1.82) is 0 Å². The molecule has 0 spiro atoms. The second-order valence-electron chi connectivity index (χ2n) is 3.30. The van der Waals surface area contributed by atoms with Gasteiger partial charge in [-0.15, -0.1) is 0 Å². The van der Waals surface area contributed by atoms with Crippen molar-refractivity contribution < 1.29 is 4.42 Å². The summed E-state index contributed by atoms with van der Waals surface area (Å²) in [6.07, 6.45) is 3.83. The number of hydrogen-bond donors (Lipinski definition) is 1. The summed E-state index contributed by atoms with van der Waals surface area (Å²) < 4.78 is 5.38. The number of nitrogens with zero attached hydrogens (tertiary/aromatic N) is 1. The maximum atomic E-state index is 5.59. The third-order valence-corrected chi connectivity index (χ3v) is 2.74. The van der Waals surface area contributed by atoms with Gasteiger partial charge in [0.15, 0.2) is 0 Å². The standard InChI is InChI=1S/C10H18N2OS/c1-12(4-6-14-2)8-10-9(7-11)3-5-13-10/h3,5H,4,6-8,11H2,1-2H3. The zero-order valence-corrected chi connectivity index (χ0v) is 9.64. The Bertz CT molecular complexity index is 262. The highest BCUT2D eigenvalue weighted by atomic mass is 32.2. The lowest BCUT2D eigenvalue weighted by atomic mass is 10.2. The summed E-state index contributed by atoms with van der Waals surface area (Å²) in [5.74, 6) is 2.14. The molecule has 0 aliphatic carbocycles. The smallest absolute Gasteiger partial charge is 0.122 e. The molecule has 0 unspecified atom stereocenters. The van der Waals surface area contributed by atoms with Crippen LogP contribution in [0, 0.1) is 0 Å². The molecule has 0 atom stereocenters. The second kappa shape index (κ2) is 6.11. The van der Waals surface area contributed by atoms with E-state index in [2.05, 4.69) is 18.2 Å². The highest BCUT2D eigenvalue weighted by Gasteiger charge is 2.07. The van der Waals surface area contributed by atoms with Gasteiger partial charge in [0.1, 0.15) is 5.76 Å². The molecule has 0 aliphatic rings. The van der Waals surface area contributed by atoms with Gasteiger partial charge in [0, 0.05) is 24.4 Å². The normalized spacial score (nSPS) is 11.1. The van der Waals surface area contributed by atoms with Crippen LogP contribution in [-0.2, 0) is 13.1 Å². The van der Waals surface area contributed by atoms with Crippen molar-refractivity contribution in [3.63, 3.8) is 0 Å². The van der Waals surface area contributed by atoms with E-state index in [-0.39, 0.29) is 0 Å². The summed E-state index contributed by atoms with van der Waals surface area (Å²) >= 11 is 1.86. The van der Waals surface area contributed by atoms with E-state index in [1.165, 1.54) is 0 Å². The van der Waals surface area contributed by atoms with Gasteiger partial charge in [-0.05, 0) is 19.4 Å². The minimum absolute atomic E-state index is 0.558. The van der Waals surface area contributed by atoms with Crippen molar-refractivity contribution in [2.24, 2.45) is 5.73 Å². The fourth-order valence-electron chi connectivity index (χ4n) is 1.26. The Morgan fingerprint density at radius 3 is 3.00 bits per heavy atom. The van der Waals surface area contributed by atoms with Gasteiger partial charge in [0.25, 0.3) is 0 Å². The Labute approximate surface area is 89.6 Å². The first-order valence-electron chi connectivity index (χ1n) is 4.70. The molecule has 4 heteroatoms. The molecule has 14 heavy (non-hydrogen) atoms. The number of thioether (sulfide) groups is 1. The molecule has 0 radical (unpaired) electrons. The fourth-order valence-corrected chi connectivity index (χ4v) is 1.75. The summed E-state index contributed by atoms with van der Waals surface area (Å²) in [6, 6.07) is 1.94. The van der Waals surface area contributed by atoms with Crippen LogP contribution < -0.4 is 5.73 Å². The lowest BCUT2D eigenvalue weighted by Gasteiger charge is -2.14. The molecule has 0 aliphatic heterocycles. The Morgan fingerprint density at radius 1 is 1.57 bits per heavy atom. The number of nitrogens with two attached hydrogens (primary N) is 1. The monoisotopic (exact) mass is 214 g/mol. The van der Waals surface area contributed by atoms with E-state index in [1.807, 2.05) is 17.8 Å². The first-order chi connectivity index (χ1) is 6.77. The fraction of sp³-hybridized carbons (Fsp3) is 0.600. The van der Waals surface area contributed by atoms with Gasteiger partial charge in [-0.1, -0.05) is 0 Å². The number of furan rings is 1. The summed E-state index contributed by atoms with van der Waals surface area (Å²) in [5, 5.41) is 0. The first kappa shape index (κ1) is 11.6. The molecule has 80 valence electrons. The van der Waals surface area contributed by atoms with Crippen LogP contribution in [0.4, 0.5) is 0 Å². The minimum Gasteiger partial charge on any atom is -0.468 e. The van der Waals surface area contributed by atoms with Gasteiger partial charge < -0.3 is 10.2 Å². The summed E-state index contributed by atoms with van der Waals surface area (Å²) in [4.78, 5) is 2.24. The molecular formula is C10H18N2OS. The van der Waals surface area contributed by atoms with Gasteiger partial charge >= 0.3 is 0 Å². The number of hydrogen-bond acceptors (Lipinski definition) is 4. The van der Waals surface area contributed by atoms with Crippen LogP contribution in [0.15, 0.2) is 16.7 Å². The van der Waals surface area contributed by atoms with Crippen LogP contribution in [0.5, 0.6) is 0 Å². The molecule has 1 aromatic rings. The predicted molar refractivity (Wildman–Crippen MR) is 61.3 cm³/mol. The van der Waals surface area contributed by atoms with E-state index in [0.717, 1.165) is 30.2 Å². The Kier molecular flexibility index (Phi) is 5.07. The Morgan fingerprint density at radius 2 is 2.36 bits per heavy atom. The third kappa shape index (κ3) is 3.36. The predicted octanol–water partition coefficient (Wildman–Crippen LogP) is 1.53. The zero-order chi connectivity index (χ0) is 10.4. The van der Waals surface area contributed by atoms with Gasteiger partial charge in [-0.3, -0.25) is 4.90 Å².